The monoisotopic (exact) mass is 331 g/mol. The number of hydroxylamine groups is 1. The van der Waals surface area contributed by atoms with Crippen molar-refractivity contribution < 1.29 is 14.2 Å². The van der Waals surface area contributed by atoms with Gasteiger partial charge in [-0.15, -0.1) is 0 Å². The third-order valence-corrected chi connectivity index (χ3v) is 3.62. The lowest BCUT2D eigenvalue weighted by Gasteiger charge is -2.08. The van der Waals surface area contributed by atoms with Gasteiger partial charge in [-0.25, -0.2) is 5.48 Å². The van der Waals surface area contributed by atoms with Crippen molar-refractivity contribution in [3.63, 3.8) is 0 Å². The van der Waals surface area contributed by atoms with Gasteiger partial charge in [0.1, 0.15) is 0 Å². The predicted molar refractivity (Wildman–Crippen MR) is 90.9 cm³/mol. The number of carbonyl (C=O) groups is 1. The zero-order valence-electron chi connectivity index (χ0n) is 13.3. The van der Waals surface area contributed by atoms with Crippen LogP contribution in [-0.4, -0.2) is 19.4 Å². The highest BCUT2D eigenvalue weighted by atomic mass is 35.5. The maximum absolute atomic E-state index is 11.4. The smallest absolute Gasteiger partial charge is 0.275 e. The Morgan fingerprint density at radius 3 is 2.61 bits per heavy atom. The van der Waals surface area contributed by atoms with Gasteiger partial charge in [-0.1, -0.05) is 30.3 Å². The molecule has 5 heteroatoms. The molecule has 0 aliphatic heterocycles. The Labute approximate surface area is 141 Å². The molecule has 120 valence electrons. The summed E-state index contributed by atoms with van der Waals surface area (Å²) in [6, 6.07) is 13.8. The molecule has 1 aromatic heterocycles. The van der Waals surface area contributed by atoms with Crippen molar-refractivity contribution in [2.24, 2.45) is 0 Å². The van der Waals surface area contributed by atoms with Crippen molar-refractivity contribution in [2.75, 3.05) is 13.7 Å². The highest BCUT2D eigenvalue weighted by Gasteiger charge is 2.15. The van der Waals surface area contributed by atoms with Crippen molar-refractivity contribution in [3.8, 4) is 0 Å². The highest BCUT2D eigenvalue weighted by Crippen LogP contribution is 2.23. The van der Waals surface area contributed by atoms with Crippen LogP contribution in [0.4, 0.5) is 0 Å². The molecule has 0 unspecified atom stereocenters. The molecule has 1 N–H and O–H groups in total. The van der Waals surface area contributed by atoms with E-state index in [1.54, 1.807) is 24.6 Å². The summed E-state index contributed by atoms with van der Waals surface area (Å²) in [6.07, 6.45) is 3.88. The maximum atomic E-state index is 11.4. The van der Waals surface area contributed by atoms with Crippen LogP contribution in [0.15, 0.2) is 54.7 Å². The van der Waals surface area contributed by atoms with Crippen molar-refractivity contribution >= 4 is 23.0 Å². The maximum Gasteiger partial charge on any atom is 0.275 e. The fraction of sp³-hybridized carbons (Fsp3) is 0.222. The molecule has 0 spiro atoms. The highest BCUT2D eigenvalue weighted by molar-refractivity contribution is 6.28. The molecule has 1 heterocycles. The number of benzene rings is 1. The van der Waals surface area contributed by atoms with Crippen LogP contribution in [0.25, 0.3) is 5.57 Å². The number of rotatable bonds is 7. The van der Waals surface area contributed by atoms with Gasteiger partial charge in [0.05, 0.1) is 6.61 Å². The van der Waals surface area contributed by atoms with Gasteiger partial charge in [-0.2, -0.15) is 4.57 Å². The topological polar surface area (TPSA) is 42.2 Å². The number of nitrogens with one attached hydrogen (secondary N) is 1. The van der Waals surface area contributed by atoms with E-state index >= 15 is 0 Å². The molecule has 0 saturated heterocycles. The van der Waals surface area contributed by atoms with E-state index in [1.165, 1.54) is 0 Å². The number of carbonyl (C=O) groups excluding carboxylic acids is 1. The zero-order valence-corrected chi connectivity index (χ0v) is 14.0. The summed E-state index contributed by atoms with van der Waals surface area (Å²) in [6.45, 7) is 2.22. The fourth-order valence-electron chi connectivity index (χ4n) is 2.28. The van der Waals surface area contributed by atoms with Crippen LogP contribution in [0, 0.1) is 0 Å². The summed E-state index contributed by atoms with van der Waals surface area (Å²) in [4.78, 5) is 16.6. The van der Waals surface area contributed by atoms with Crippen LogP contribution in [0.5, 0.6) is 0 Å². The standard InChI is InChI=1S/C18H20ClN2O2/c1-14(22)12-21-13-16(8-9-18(21)19)17(10-11-23-20-2)15-6-4-3-5-7-15/h3-10,13,20H,11-12H2,1-2H3/q+1/b17-10+. The van der Waals surface area contributed by atoms with Gasteiger partial charge in [0.2, 0.25) is 6.54 Å². The zero-order chi connectivity index (χ0) is 16.7. The van der Waals surface area contributed by atoms with Gasteiger partial charge in [-0.05, 0) is 34.9 Å². The van der Waals surface area contributed by atoms with E-state index < -0.39 is 0 Å². The Morgan fingerprint density at radius 1 is 1.22 bits per heavy atom. The molecule has 0 atom stereocenters. The lowest BCUT2D eigenvalue weighted by atomic mass is 9.99. The molecule has 23 heavy (non-hydrogen) atoms. The van der Waals surface area contributed by atoms with Crippen LogP contribution >= 0.6 is 11.6 Å². The summed E-state index contributed by atoms with van der Waals surface area (Å²) in [5.74, 6) is 0.0535. The summed E-state index contributed by atoms with van der Waals surface area (Å²) in [7, 11) is 1.72. The first-order chi connectivity index (χ1) is 11.1. The van der Waals surface area contributed by atoms with Gasteiger partial charge >= 0.3 is 0 Å². The molecule has 0 bridgehead atoms. The Hall–Kier alpha value is -2.01. The van der Waals surface area contributed by atoms with Crippen molar-refractivity contribution in [1.29, 1.82) is 0 Å². The molecule has 4 nitrogen and oxygen atoms in total. The predicted octanol–water partition coefficient (Wildman–Crippen LogP) is 2.80. The molecular weight excluding hydrogens is 312 g/mol. The molecule has 2 aromatic rings. The van der Waals surface area contributed by atoms with Gasteiger partial charge in [0.25, 0.3) is 5.15 Å². The molecule has 0 aliphatic rings. The molecule has 0 saturated carbocycles. The average Bonchev–Trinajstić information content (AvgIpc) is 2.54. The van der Waals surface area contributed by atoms with Crippen molar-refractivity contribution in [3.05, 3.63) is 71.0 Å². The second-order valence-electron chi connectivity index (χ2n) is 5.07. The average molecular weight is 332 g/mol. The number of hydrogen-bond donors (Lipinski definition) is 1. The molecule has 0 aliphatic carbocycles. The molecular formula is C18H20ClN2O2+. The van der Waals surface area contributed by atoms with Gasteiger partial charge in [0, 0.05) is 25.6 Å². The van der Waals surface area contributed by atoms with E-state index in [2.05, 4.69) is 5.48 Å². The molecule has 0 fully saturated rings. The van der Waals surface area contributed by atoms with Crippen LogP contribution in [0.1, 0.15) is 18.1 Å². The lowest BCUT2D eigenvalue weighted by molar-refractivity contribution is -0.682. The number of halogens is 1. The van der Waals surface area contributed by atoms with Crippen molar-refractivity contribution in [2.45, 2.75) is 13.5 Å². The number of ketones is 1. The summed E-state index contributed by atoms with van der Waals surface area (Å²) in [5.41, 5.74) is 5.73. The van der Waals surface area contributed by atoms with Crippen LogP contribution in [-0.2, 0) is 16.2 Å². The van der Waals surface area contributed by atoms with Gasteiger partial charge in [-0.3, -0.25) is 9.63 Å². The minimum Gasteiger partial charge on any atom is -0.298 e. The largest absolute Gasteiger partial charge is 0.298 e. The second-order valence-corrected chi connectivity index (χ2v) is 5.46. The minimum atomic E-state index is 0.0535. The lowest BCUT2D eigenvalue weighted by Crippen LogP contribution is -2.38. The Balaban J connectivity index is 2.43. The number of aromatic nitrogens is 1. The first-order valence-corrected chi connectivity index (χ1v) is 7.72. The number of nitrogens with zero attached hydrogens (tertiary/aromatic N) is 1. The molecule has 1 aromatic carbocycles. The Kier molecular flexibility index (Phi) is 6.47. The fourth-order valence-corrected chi connectivity index (χ4v) is 2.45. The molecule has 0 amide bonds. The van der Waals surface area contributed by atoms with E-state index in [0.717, 1.165) is 16.7 Å². The van der Waals surface area contributed by atoms with Gasteiger partial charge in [0.15, 0.2) is 12.0 Å². The third kappa shape index (κ3) is 4.99. The molecule has 2 rings (SSSR count). The van der Waals surface area contributed by atoms with Crippen LogP contribution in [0.2, 0.25) is 5.15 Å². The Bertz CT molecular complexity index is 699. The van der Waals surface area contributed by atoms with E-state index in [9.17, 15) is 4.79 Å². The normalized spacial score (nSPS) is 11.5. The summed E-state index contributed by atoms with van der Waals surface area (Å²) in [5, 5.41) is 0.530. The van der Waals surface area contributed by atoms with E-state index in [4.69, 9.17) is 16.4 Å². The van der Waals surface area contributed by atoms with Crippen molar-refractivity contribution in [1.82, 2.24) is 5.48 Å². The van der Waals surface area contributed by atoms with Crippen LogP contribution < -0.4 is 10.0 Å². The van der Waals surface area contributed by atoms with E-state index in [0.29, 0.717) is 11.8 Å². The quantitative estimate of drug-likeness (QED) is 0.367. The van der Waals surface area contributed by atoms with E-state index in [-0.39, 0.29) is 12.3 Å². The number of pyridine rings is 1. The van der Waals surface area contributed by atoms with Crippen LogP contribution in [0.3, 0.4) is 0 Å². The summed E-state index contributed by atoms with van der Waals surface area (Å²) >= 11 is 6.17. The molecule has 0 radical (unpaired) electrons. The van der Waals surface area contributed by atoms with E-state index in [1.807, 2.05) is 48.7 Å². The SMILES string of the molecule is CNOC/C=C(\c1ccccc1)c1ccc(Cl)[n+](CC(C)=O)c1. The number of hydrogen-bond acceptors (Lipinski definition) is 3. The Morgan fingerprint density at radius 2 is 1.96 bits per heavy atom. The minimum absolute atomic E-state index is 0.0535. The number of Topliss-reactive ketones (excluding diaryl/α,β-unsaturated/α-hetero) is 1. The second kappa shape index (κ2) is 8.58. The summed E-state index contributed by atoms with van der Waals surface area (Å²) < 4.78 is 1.74. The first-order valence-electron chi connectivity index (χ1n) is 7.34. The first kappa shape index (κ1) is 17.3. The van der Waals surface area contributed by atoms with Gasteiger partial charge < -0.3 is 0 Å². The third-order valence-electron chi connectivity index (χ3n) is 3.27.